The SMILES string of the molecule is Cc1ccc(C2c3ccccc3Oc3ccccc32)s1. The van der Waals surface area contributed by atoms with Gasteiger partial charge < -0.3 is 4.74 Å². The first-order valence-corrected chi connectivity index (χ1v) is 7.56. The minimum Gasteiger partial charge on any atom is -0.457 e. The first kappa shape index (κ1) is 11.7. The Labute approximate surface area is 122 Å². The van der Waals surface area contributed by atoms with Crippen molar-refractivity contribution in [2.75, 3.05) is 0 Å². The van der Waals surface area contributed by atoms with Crippen LogP contribution in [0.1, 0.15) is 26.8 Å². The van der Waals surface area contributed by atoms with Crippen molar-refractivity contribution in [2.45, 2.75) is 12.8 Å². The summed E-state index contributed by atoms with van der Waals surface area (Å²) in [6, 6.07) is 21.1. The molecule has 20 heavy (non-hydrogen) atoms. The maximum atomic E-state index is 6.04. The Hall–Kier alpha value is -2.06. The van der Waals surface area contributed by atoms with Gasteiger partial charge in [-0.05, 0) is 31.2 Å². The Morgan fingerprint density at radius 1 is 0.800 bits per heavy atom. The second kappa shape index (κ2) is 4.50. The molecule has 3 aromatic rings. The second-order valence-electron chi connectivity index (χ2n) is 5.06. The van der Waals surface area contributed by atoms with E-state index in [1.807, 2.05) is 23.5 Å². The number of thiophene rings is 1. The van der Waals surface area contributed by atoms with Gasteiger partial charge in [-0.15, -0.1) is 11.3 Å². The number of rotatable bonds is 1. The molecule has 1 aliphatic rings. The average molecular weight is 278 g/mol. The molecule has 0 fully saturated rings. The highest BCUT2D eigenvalue weighted by Crippen LogP contribution is 2.48. The second-order valence-corrected chi connectivity index (χ2v) is 6.38. The van der Waals surface area contributed by atoms with Crippen molar-refractivity contribution in [2.24, 2.45) is 0 Å². The van der Waals surface area contributed by atoms with Crippen LogP contribution in [0.5, 0.6) is 11.5 Å². The Balaban J connectivity index is 1.97. The van der Waals surface area contributed by atoms with E-state index in [4.69, 9.17) is 4.74 Å². The predicted molar refractivity (Wildman–Crippen MR) is 83.0 cm³/mol. The molecular formula is C18H14OS. The summed E-state index contributed by atoms with van der Waals surface area (Å²) in [6.45, 7) is 2.16. The Kier molecular flexibility index (Phi) is 2.64. The van der Waals surface area contributed by atoms with Crippen molar-refractivity contribution in [1.29, 1.82) is 0 Å². The van der Waals surface area contributed by atoms with Gasteiger partial charge in [0.15, 0.2) is 0 Å². The summed E-state index contributed by atoms with van der Waals surface area (Å²) >= 11 is 1.87. The van der Waals surface area contributed by atoms with Crippen LogP contribution in [0.4, 0.5) is 0 Å². The minimum absolute atomic E-state index is 0.287. The maximum Gasteiger partial charge on any atom is 0.131 e. The van der Waals surface area contributed by atoms with Gasteiger partial charge in [-0.1, -0.05) is 36.4 Å². The first-order chi connectivity index (χ1) is 9.83. The molecule has 1 nitrogen and oxygen atoms in total. The van der Waals surface area contributed by atoms with Crippen molar-refractivity contribution < 1.29 is 4.74 Å². The molecule has 0 aliphatic carbocycles. The largest absolute Gasteiger partial charge is 0.457 e. The van der Waals surface area contributed by atoms with Gasteiger partial charge >= 0.3 is 0 Å². The van der Waals surface area contributed by atoms with Crippen LogP contribution in [0.25, 0.3) is 0 Å². The standard InChI is InChI=1S/C18H14OS/c1-12-10-11-17(20-12)18-13-6-2-4-8-15(13)19-16-9-5-3-7-14(16)18/h2-11,18H,1H3. The number of aryl methyl sites for hydroxylation is 1. The molecule has 0 saturated heterocycles. The summed E-state index contributed by atoms with van der Waals surface area (Å²) < 4.78 is 6.04. The van der Waals surface area contributed by atoms with Crippen molar-refractivity contribution in [3.8, 4) is 11.5 Å². The highest BCUT2D eigenvalue weighted by molar-refractivity contribution is 7.12. The zero-order valence-corrected chi connectivity index (χ0v) is 12.0. The van der Waals surface area contributed by atoms with Crippen LogP contribution in [0.3, 0.4) is 0 Å². The van der Waals surface area contributed by atoms with Crippen LogP contribution in [0.2, 0.25) is 0 Å². The van der Waals surface area contributed by atoms with Gasteiger partial charge in [0.2, 0.25) is 0 Å². The zero-order valence-electron chi connectivity index (χ0n) is 11.2. The molecule has 0 saturated carbocycles. The fourth-order valence-electron chi connectivity index (χ4n) is 2.83. The Morgan fingerprint density at radius 3 is 1.95 bits per heavy atom. The Morgan fingerprint density at radius 2 is 1.40 bits per heavy atom. The van der Waals surface area contributed by atoms with Gasteiger partial charge in [0.05, 0.1) is 5.92 Å². The average Bonchev–Trinajstić information content (AvgIpc) is 2.91. The number of ether oxygens (including phenoxy) is 1. The number of fused-ring (bicyclic) bond motifs is 2. The first-order valence-electron chi connectivity index (χ1n) is 6.75. The molecule has 4 rings (SSSR count). The molecule has 1 aromatic heterocycles. The molecule has 1 aliphatic heterocycles. The molecular weight excluding hydrogens is 264 g/mol. The topological polar surface area (TPSA) is 9.23 Å². The van der Waals surface area contributed by atoms with Gasteiger partial charge in [0.25, 0.3) is 0 Å². The maximum absolute atomic E-state index is 6.04. The number of para-hydroxylation sites is 2. The fourth-order valence-corrected chi connectivity index (χ4v) is 3.84. The summed E-state index contributed by atoms with van der Waals surface area (Å²) in [7, 11) is 0. The monoisotopic (exact) mass is 278 g/mol. The van der Waals surface area contributed by atoms with Gasteiger partial charge in [0, 0.05) is 20.9 Å². The molecule has 0 radical (unpaired) electrons. The lowest BCUT2D eigenvalue weighted by Gasteiger charge is -2.27. The zero-order chi connectivity index (χ0) is 13.5. The lowest BCUT2D eigenvalue weighted by atomic mass is 9.87. The summed E-state index contributed by atoms with van der Waals surface area (Å²) in [5.74, 6) is 2.24. The Bertz CT molecular complexity index is 727. The smallest absolute Gasteiger partial charge is 0.131 e. The third-order valence-electron chi connectivity index (χ3n) is 3.73. The molecule has 0 spiro atoms. The van der Waals surface area contributed by atoms with E-state index in [1.165, 1.54) is 20.9 Å². The van der Waals surface area contributed by atoms with E-state index < -0.39 is 0 Å². The minimum atomic E-state index is 0.287. The molecule has 2 heteroatoms. The van der Waals surface area contributed by atoms with Gasteiger partial charge in [-0.2, -0.15) is 0 Å². The van der Waals surface area contributed by atoms with E-state index >= 15 is 0 Å². The van der Waals surface area contributed by atoms with Crippen molar-refractivity contribution in [3.63, 3.8) is 0 Å². The van der Waals surface area contributed by atoms with Crippen LogP contribution in [-0.2, 0) is 0 Å². The van der Waals surface area contributed by atoms with Crippen LogP contribution in [-0.4, -0.2) is 0 Å². The highest BCUT2D eigenvalue weighted by Gasteiger charge is 2.28. The lowest BCUT2D eigenvalue weighted by molar-refractivity contribution is 0.453. The van der Waals surface area contributed by atoms with Gasteiger partial charge in [0.1, 0.15) is 11.5 Å². The molecule has 0 amide bonds. The highest BCUT2D eigenvalue weighted by atomic mass is 32.1. The number of hydrogen-bond donors (Lipinski definition) is 0. The summed E-state index contributed by atoms with van der Waals surface area (Å²) in [5, 5.41) is 0. The van der Waals surface area contributed by atoms with E-state index in [0.717, 1.165) is 11.5 Å². The van der Waals surface area contributed by atoms with Crippen LogP contribution < -0.4 is 4.74 Å². The lowest BCUT2D eigenvalue weighted by Crippen LogP contribution is -2.10. The molecule has 0 unspecified atom stereocenters. The van der Waals surface area contributed by atoms with E-state index in [2.05, 4.69) is 55.5 Å². The van der Waals surface area contributed by atoms with Crippen molar-refractivity contribution in [1.82, 2.24) is 0 Å². The third kappa shape index (κ3) is 1.76. The van der Waals surface area contributed by atoms with E-state index in [0.29, 0.717) is 0 Å². The van der Waals surface area contributed by atoms with E-state index in [1.54, 1.807) is 0 Å². The van der Waals surface area contributed by atoms with E-state index in [-0.39, 0.29) is 5.92 Å². The molecule has 2 heterocycles. The molecule has 0 N–H and O–H groups in total. The van der Waals surface area contributed by atoms with Gasteiger partial charge in [-0.3, -0.25) is 0 Å². The number of hydrogen-bond acceptors (Lipinski definition) is 2. The fraction of sp³-hybridized carbons (Fsp3) is 0.111. The molecule has 0 bridgehead atoms. The summed E-state index contributed by atoms with van der Waals surface area (Å²) in [6.07, 6.45) is 0. The molecule has 2 aromatic carbocycles. The van der Waals surface area contributed by atoms with Crippen molar-refractivity contribution in [3.05, 3.63) is 81.5 Å². The summed E-state index contributed by atoms with van der Waals surface area (Å²) in [5.41, 5.74) is 2.51. The van der Waals surface area contributed by atoms with Crippen LogP contribution >= 0.6 is 11.3 Å². The number of benzene rings is 2. The predicted octanol–water partition coefficient (Wildman–Crippen LogP) is 5.34. The normalized spacial score (nSPS) is 13.4. The quantitative estimate of drug-likeness (QED) is 0.456. The van der Waals surface area contributed by atoms with E-state index in [9.17, 15) is 0 Å². The van der Waals surface area contributed by atoms with Crippen LogP contribution in [0.15, 0.2) is 60.7 Å². The summed E-state index contributed by atoms with van der Waals surface area (Å²) in [4.78, 5) is 2.73. The molecule has 98 valence electrons. The van der Waals surface area contributed by atoms with Crippen LogP contribution in [0, 0.1) is 6.92 Å². The third-order valence-corrected chi connectivity index (χ3v) is 4.79. The van der Waals surface area contributed by atoms with Crippen molar-refractivity contribution >= 4 is 11.3 Å². The molecule has 0 atom stereocenters. The van der Waals surface area contributed by atoms with Gasteiger partial charge in [-0.25, -0.2) is 0 Å².